The van der Waals surface area contributed by atoms with Crippen LogP contribution in [0.1, 0.15) is 20.8 Å². The Morgan fingerprint density at radius 1 is 1.20 bits per heavy atom. The van der Waals surface area contributed by atoms with Crippen LogP contribution < -0.4 is 11.1 Å². The van der Waals surface area contributed by atoms with Crippen LogP contribution in [0, 0.1) is 0 Å². The SMILES string of the molecule is CC(C)(C)OC(=O)N1CCN(C(N)=NCCN2C(=O)CNC2=O)CC1. The molecule has 0 unspecified atom stereocenters. The Labute approximate surface area is 146 Å². The van der Waals surface area contributed by atoms with E-state index in [0.717, 1.165) is 4.90 Å². The third-order valence-corrected chi connectivity index (χ3v) is 3.79. The lowest BCUT2D eigenvalue weighted by molar-refractivity contribution is -0.124. The van der Waals surface area contributed by atoms with E-state index >= 15 is 0 Å². The number of nitrogens with one attached hydrogen (secondary N) is 1. The Morgan fingerprint density at radius 3 is 2.32 bits per heavy atom. The van der Waals surface area contributed by atoms with Crippen molar-refractivity contribution in [1.29, 1.82) is 0 Å². The minimum atomic E-state index is -0.520. The molecule has 2 heterocycles. The Morgan fingerprint density at radius 2 is 1.80 bits per heavy atom. The van der Waals surface area contributed by atoms with Gasteiger partial charge in [-0.1, -0.05) is 0 Å². The molecule has 0 saturated carbocycles. The second-order valence-electron chi connectivity index (χ2n) is 6.90. The smallest absolute Gasteiger partial charge is 0.410 e. The normalized spacial score (nSPS) is 19.3. The van der Waals surface area contributed by atoms with E-state index in [4.69, 9.17) is 10.5 Å². The summed E-state index contributed by atoms with van der Waals surface area (Å²) in [5.41, 5.74) is 5.44. The number of hydrogen-bond acceptors (Lipinski definition) is 5. The summed E-state index contributed by atoms with van der Waals surface area (Å²) in [7, 11) is 0. The van der Waals surface area contributed by atoms with Gasteiger partial charge in [-0.3, -0.25) is 14.7 Å². The number of hydrogen-bond donors (Lipinski definition) is 2. The van der Waals surface area contributed by atoms with Gasteiger partial charge in [0, 0.05) is 26.2 Å². The number of carbonyl (C=O) groups excluding carboxylic acids is 3. The van der Waals surface area contributed by atoms with E-state index in [2.05, 4.69) is 10.3 Å². The summed E-state index contributed by atoms with van der Waals surface area (Å²) in [6, 6.07) is -0.398. The van der Waals surface area contributed by atoms with Crippen molar-refractivity contribution in [2.45, 2.75) is 26.4 Å². The predicted molar refractivity (Wildman–Crippen MR) is 91.0 cm³/mol. The van der Waals surface area contributed by atoms with Gasteiger partial charge < -0.3 is 25.6 Å². The van der Waals surface area contributed by atoms with E-state index in [0.29, 0.717) is 32.1 Å². The Hall–Kier alpha value is -2.52. The van der Waals surface area contributed by atoms with Crippen LogP contribution in [-0.2, 0) is 9.53 Å². The first-order chi connectivity index (χ1) is 11.7. The second kappa shape index (κ2) is 7.58. The Balaban J connectivity index is 1.76. The first kappa shape index (κ1) is 18.8. The van der Waals surface area contributed by atoms with Crippen molar-refractivity contribution in [1.82, 2.24) is 20.0 Å². The van der Waals surface area contributed by atoms with Crippen LogP contribution in [0.2, 0.25) is 0 Å². The highest BCUT2D eigenvalue weighted by Crippen LogP contribution is 2.11. The monoisotopic (exact) mass is 354 g/mol. The number of rotatable bonds is 3. The molecule has 0 radical (unpaired) electrons. The first-order valence-electron chi connectivity index (χ1n) is 8.28. The number of amides is 4. The lowest BCUT2D eigenvalue weighted by atomic mass is 10.2. The summed E-state index contributed by atoms with van der Waals surface area (Å²) >= 11 is 0. The molecule has 2 aliphatic rings. The zero-order valence-electron chi connectivity index (χ0n) is 14.9. The molecule has 2 rings (SSSR count). The van der Waals surface area contributed by atoms with Crippen LogP contribution in [0.3, 0.4) is 0 Å². The molecule has 0 aromatic rings. The quantitative estimate of drug-likeness (QED) is 0.397. The number of aliphatic imine (C=N–C) groups is 1. The molecule has 0 aromatic carbocycles. The molecule has 0 aromatic heterocycles. The fourth-order valence-electron chi connectivity index (χ4n) is 2.49. The molecular formula is C15H26N6O4. The van der Waals surface area contributed by atoms with Gasteiger partial charge in [0.15, 0.2) is 5.96 Å². The van der Waals surface area contributed by atoms with E-state index < -0.39 is 11.6 Å². The average Bonchev–Trinajstić information content (AvgIpc) is 2.85. The molecule has 0 spiro atoms. The van der Waals surface area contributed by atoms with Gasteiger partial charge in [-0.2, -0.15) is 0 Å². The minimum Gasteiger partial charge on any atom is -0.444 e. The van der Waals surface area contributed by atoms with E-state index in [1.54, 1.807) is 4.90 Å². The molecular weight excluding hydrogens is 328 g/mol. The molecule has 10 heteroatoms. The molecule has 2 fully saturated rings. The molecule has 2 saturated heterocycles. The summed E-state index contributed by atoms with van der Waals surface area (Å²) in [5.74, 6) is 0.0839. The first-order valence-corrected chi connectivity index (χ1v) is 8.28. The van der Waals surface area contributed by atoms with Crippen LogP contribution in [0.5, 0.6) is 0 Å². The Bertz CT molecular complexity index is 547. The number of nitrogens with two attached hydrogens (primary N) is 1. The van der Waals surface area contributed by atoms with Gasteiger partial charge in [0.25, 0.3) is 0 Å². The van der Waals surface area contributed by atoms with Gasteiger partial charge in [-0.15, -0.1) is 0 Å². The standard InChI is InChI=1S/C15H26N6O4/c1-15(2,3)25-14(24)20-8-6-19(7-9-20)12(16)17-4-5-21-11(22)10-18-13(21)23/h4-10H2,1-3H3,(H2,16,17)(H,18,23). The maximum atomic E-state index is 12.0. The fourth-order valence-corrected chi connectivity index (χ4v) is 2.49. The maximum Gasteiger partial charge on any atom is 0.410 e. The molecule has 3 N–H and O–H groups in total. The number of guanidine groups is 1. The molecule has 2 aliphatic heterocycles. The average molecular weight is 354 g/mol. The molecule has 0 atom stereocenters. The van der Waals surface area contributed by atoms with Crippen LogP contribution in [0.4, 0.5) is 9.59 Å². The third-order valence-electron chi connectivity index (χ3n) is 3.79. The van der Waals surface area contributed by atoms with Gasteiger partial charge in [0.1, 0.15) is 5.60 Å². The van der Waals surface area contributed by atoms with Crippen LogP contribution in [-0.4, -0.2) is 90.1 Å². The predicted octanol–water partition coefficient (Wildman–Crippen LogP) is -0.594. The fraction of sp³-hybridized carbons (Fsp3) is 0.733. The minimum absolute atomic E-state index is 0.0324. The summed E-state index contributed by atoms with van der Waals surface area (Å²) in [6.07, 6.45) is -0.332. The summed E-state index contributed by atoms with van der Waals surface area (Å²) < 4.78 is 5.35. The van der Waals surface area contributed by atoms with Crippen molar-refractivity contribution < 1.29 is 19.1 Å². The van der Waals surface area contributed by atoms with E-state index in [1.165, 1.54) is 0 Å². The van der Waals surface area contributed by atoms with Crippen LogP contribution in [0.15, 0.2) is 4.99 Å². The zero-order valence-corrected chi connectivity index (χ0v) is 14.9. The van der Waals surface area contributed by atoms with E-state index in [1.807, 2.05) is 25.7 Å². The lowest BCUT2D eigenvalue weighted by Gasteiger charge is -2.36. The number of piperazine rings is 1. The van der Waals surface area contributed by atoms with Gasteiger partial charge >= 0.3 is 12.1 Å². The number of carbonyl (C=O) groups is 3. The molecule has 10 nitrogen and oxygen atoms in total. The van der Waals surface area contributed by atoms with Crippen molar-refractivity contribution in [3.63, 3.8) is 0 Å². The molecule has 25 heavy (non-hydrogen) atoms. The van der Waals surface area contributed by atoms with Gasteiger partial charge in [-0.05, 0) is 20.8 Å². The van der Waals surface area contributed by atoms with Crippen LogP contribution >= 0.6 is 0 Å². The lowest BCUT2D eigenvalue weighted by Crippen LogP contribution is -2.53. The van der Waals surface area contributed by atoms with E-state index in [9.17, 15) is 14.4 Å². The Kier molecular flexibility index (Phi) is 5.70. The van der Waals surface area contributed by atoms with Gasteiger partial charge in [0.05, 0.1) is 19.6 Å². The molecule has 0 bridgehead atoms. The van der Waals surface area contributed by atoms with Crippen molar-refractivity contribution in [2.75, 3.05) is 45.8 Å². The van der Waals surface area contributed by atoms with Gasteiger partial charge in [-0.25, -0.2) is 9.59 Å². The maximum absolute atomic E-state index is 12.0. The number of nitrogens with zero attached hydrogens (tertiary/aromatic N) is 4. The van der Waals surface area contributed by atoms with Crippen molar-refractivity contribution in [2.24, 2.45) is 10.7 Å². The number of imide groups is 1. The van der Waals surface area contributed by atoms with Crippen molar-refractivity contribution in [3.8, 4) is 0 Å². The second-order valence-corrected chi connectivity index (χ2v) is 6.90. The van der Waals surface area contributed by atoms with Crippen LogP contribution in [0.25, 0.3) is 0 Å². The van der Waals surface area contributed by atoms with Crippen molar-refractivity contribution in [3.05, 3.63) is 0 Å². The summed E-state index contributed by atoms with van der Waals surface area (Å²) in [4.78, 5) is 43.8. The third kappa shape index (κ3) is 5.23. The van der Waals surface area contributed by atoms with Gasteiger partial charge in [0.2, 0.25) is 5.91 Å². The zero-order chi connectivity index (χ0) is 18.6. The highest BCUT2D eigenvalue weighted by molar-refractivity contribution is 6.01. The number of ether oxygens (including phenoxy) is 1. The topological polar surface area (TPSA) is 121 Å². The molecule has 0 aliphatic carbocycles. The largest absolute Gasteiger partial charge is 0.444 e. The number of urea groups is 1. The summed E-state index contributed by atoms with van der Waals surface area (Å²) in [6.45, 7) is 8.07. The highest BCUT2D eigenvalue weighted by atomic mass is 16.6. The van der Waals surface area contributed by atoms with E-state index in [-0.39, 0.29) is 31.6 Å². The van der Waals surface area contributed by atoms with Crippen molar-refractivity contribution >= 4 is 24.0 Å². The summed E-state index contributed by atoms with van der Waals surface area (Å²) in [5, 5.41) is 2.45. The highest BCUT2D eigenvalue weighted by Gasteiger charge is 2.28. The molecule has 140 valence electrons. The molecule has 4 amide bonds.